The van der Waals surface area contributed by atoms with Gasteiger partial charge in [-0.1, -0.05) is 31.5 Å². The number of nitrogens with zero attached hydrogens (tertiary/aromatic N) is 4. The first-order valence-electron chi connectivity index (χ1n) is 13.2. The van der Waals surface area contributed by atoms with Gasteiger partial charge in [0.05, 0.1) is 30.4 Å². The molecule has 2 fully saturated rings. The number of anilines is 1. The number of rotatable bonds is 11. The third kappa shape index (κ3) is 7.31. The van der Waals surface area contributed by atoms with Crippen LogP contribution in [0.25, 0.3) is 0 Å². The largest absolute Gasteiger partial charge is 0.493 e. The van der Waals surface area contributed by atoms with Gasteiger partial charge in [-0.05, 0) is 67.4 Å². The Kier molecular flexibility index (Phi) is 9.04. The Morgan fingerprint density at radius 2 is 1.97 bits per heavy atom. The number of carbonyl (C=O) groups is 1. The van der Waals surface area contributed by atoms with Gasteiger partial charge >= 0.3 is 0 Å². The van der Waals surface area contributed by atoms with Crippen LogP contribution in [0.5, 0.6) is 5.75 Å². The highest BCUT2D eigenvalue weighted by molar-refractivity contribution is 6.30. The van der Waals surface area contributed by atoms with Crippen molar-refractivity contribution in [2.24, 2.45) is 23.7 Å². The number of carbonyl (C=O) groups excluding carboxylic acids is 1. The smallest absolute Gasteiger partial charge is 0.226 e. The van der Waals surface area contributed by atoms with Gasteiger partial charge in [-0.15, -0.1) is 0 Å². The zero-order valence-corrected chi connectivity index (χ0v) is 22.4. The van der Waals surface area contributed by atoms with Gasteiger partial charge in [-0.2, -0.15) is 0 Å². The van der Waals surface area contributed by atoms with E-state index in [1.165, 1.54) is 12.5 Å². The van der Waals surface area contributed by atoms with Crippen molar-refractivity contribution in [3.8, 4) is 5.75 Å². The maximum atomic E-state index is 14.6. The van der Waals surface area contributed by atoms with Crippen molar-refractivity contribution in [3.05, 3.63) is 47.0 Å². The summed E-state index contributed by atoms with van der Waals surface area (Å²) in [6.45, 7) is 7.50. The molecule has 1 unspecified atom stereocenters. The molecular formula is C28H38ClFN4O2. The van der Waals surface area contributed by atoms with E-state index < -0.39 is 0 Å². The predicted molar refractivity (Wildman–Crippen MR) is 141 cm³/mol. The maximum Gasteiger partial charge on any atom is 0.226 e. The van der Waals surface area contributed by atoms with E-state index in [1.54, 1.807) is 36.5 Å². The van der Waals surface area contributed by atoms with Gasteiger partial charge in [0, 0.05) is 32.7 Å². The molecule has 1 saturated heterocycles. The number of hydrogen-bond donors (Lipinski definition) is 0. The summed E-state index contributed by atoms with van der Waals surface area (Å²) in [5.41, 5.74) is 0.418. The van der Waals surface area contributed by atoms with Gasteiger partial charge in [0.1, 0.15) is 11.6 Å². The van der Waals surface area contributed by atoms with Crippen LogP contribution in [0, 0.1) is 29.5 Å². The monoisotopic (exact) mass is 516 g/mol. The molecule has 0 radical (unpaired) electrons. The molecule has 1 saturated carbocycles. The van der Waals surface area contributed by atoms with Gasteiger partial charge in [0.25, 0.3) is 0 Å². The zero-order chi connectivity index (χ0) is 25.7. The second-order valence-electron chi connectivity index (χ2n) is 10.8. The van der Waals surface area contributed by atoms with Crippen molar-refractivity contribution < 1.29 is 13.9 Å². The summed E-state index contributed by atoms with van der Waals surface area (Å²) >= 11 is 5.89. The van der Waals surface area contributed by atoms with Crippen molar-refractivity contribution in [2.45, 2.75) is 52.4 Å². The predicted octanol–water partition coefficient (Wildman–Crippen LogP) is 5.64. The minimum atomic E-state index is -0.376. The summed E-state index contributed by atoms with van der Waals surface area (Å²) in [5.74, 6) is 3.59. The van der Waals surface area contributed by atoms with Gasteiger partial charge in [0.15, 0.2) is 0 Å². The number of ether oxygens (including phenoxy) is 1. The topological polar surface area (TPSA) is 58.6 Å². The van der Waals surface area contributed by atoms with Crippen molar-refractivity contribution >= 4 is 23.5 Å². The normalized spacial score (nSPS) is 20.0. The Hall–Kier alpha value is -2.41. The molecule has 2 heterocycles. The standard InChI is InChI=1S/C28H38ClFN4O2/c1-19(2)6-10-33(3)27(35)15-22-4-5-24(16-26(22)30)36-13-9-21-14-25(21)20-7-11-34(12-8-20)28-31-17-23(29)18-32-28/h4-5,16-21,25H,6-15H2,1-3H3/t21-,25?/m1/s1. The molecule has 196 valence electrons. The van der Waals surface area contributed by atoms with Crippen LogP contribution in [0.2, 0.25) is 5.02 Å². The molecule has 2 aromatic rings. The number of amides is 1. The number of halogens is 2. The third-order valence-electron chi connectivity index (χ3n) is 7.60. The molecule has 4 rings (SSSR count). The quantitative estimate of drug-likeness (QED) is 0.387. The van der Waals surface area contributed by atoms with Crippen LogP contribution in [-0.2, 0) is 11.2 Å². The van der Waals surface area contributed by atoms with E-state index >= 15 is 0 Å². The number of benzene rings is 1. The first-order chi connectivity index (χ1) is 17.3. The highest BCUT2D eigenvalue weighted by Crippen LogP contribution is 2.49. The van der Waals surface area contributed by atoms with Gasteiger partial charge in [0.2, 0.25) is 11.9 Å². The van der Waals surface area contributed by atoms with Gasteiger partial charge in [-0.3, -0.25) is 4.79 Å². The molecule has 1 aliphatic heterocycles. The van der Waals surface area contributed by atoms with Crippen LogP contribution in [0.1, 0.15) is 51.5 Å². The Balaban J connectivity index is 1.15. The Bertz CT molecular complexity index is 1010. The lowest BCUT2D eigenvalue weighted by molar-refractivity contribution is -0.129. The molecule has 1 amide bonds. The van der Waals surface area contributed by atoms with E-state index in [0.29, 0.717) is 41.3 Å². The number of piperidine rings is 1. The van der Waals surface area contributed by atoms with Crippen LogP contribution in [0.15, 0.2) is 30.6 Å². The Labute approximate surface area is 219 Å². The molecule has 0 bridgehead atoms. The highest BCUT2D eigenvalue weighted by atomic mass is 35.5. The van der Waals surface area contributed by atoms with Crippen LogP contribution in [-0.4, -0.2) is 54.1 Å². The molecule has 1 aromatic heterocycles. The van der Waals surface area contributed by atoms with Gasteiger partial charge < -0.3 is 14.5 Å². The number of likely N-dealkylation sites (N-methyl/N-ethyl adjacent to an activating group) is 1. The zero-order valence-electron chi connectivity index (χ0n) is 21.6. The minimum Gasteiger partial charge on any atom is -0.493 e. The van der Waals surface area contributed by atoms with Crippen molar-refractivity contribution in [2.75, 3.05) is 38.2 Å². The third-order valence-corrected chi connectivity index (χ3v) is 7.80. The molecular weight excluding hydrogens is 479 g/mol. The lowest BCUT2D eigenvalue weighted by Gasteiger charge is -2.32. The SMILES string of the molecule is CC(C)CCN(C)C(=O)Cc1ccc(OCC[C@@H]2CC2C2CCN(c3ncc(Cl)cn3)CC2)cc1F. The van der Waals surface area contributed by atoms with E-state index in [2.05, 4.69) is 28.7 Å². The summed E-state index contributed by atoms with van der Waals surface area (Å²) in [4.78, 5) is 25.0. The number of aromatic nitrogens is 2. The van der Waals surface area contributed by atoms with E-state index in [1.807, 2.05) is 0 Å². The maximum absolute atomic E-state index is 14.6. The van der Waals surface area contributed by atoms with Crippen LogP contribution in [0.3, 0.4) is 0 Å². The van der Waals surface area contributed by atoms with Crippen molar-refractivity contribution in [3.63, 3.8) is 0 Å². The second-order valence-corrected chi connectivity index (χ2v) is 11.2. The summed E-state index contributed by atoms with van der Waals surface area (Å²) < 4.78 is 20.5. The lowest BCUT2D eigenvalue weighted by atomic mass is 9.90. The van der Waals surface area contributed by atoms with Crippen LogP contribution >= 0.6 is 11.6 Å². The summed E-state index contributed by atoms with van der Waals surface area (Å²) in [6.07, 6.45) is 8.89. The highest BCUT2D eigenvalue weighted by Gasteiger charge is 2.43. The van der Waals surface area contributed by atoms with Crippen LogP contribution in [0.4, 0.5) is 10.3 Å². The minimum absolute atomic E-state index is 0.0606. The first-order valence-corrected chi connectivity index (χ1v) is 13.6. The van der Waals surface area contributed by atoms with Gasteiger partial charge in [-0.25, -0.2) is 14.4 Å². The molecule has 2 atom stereocenters. The molecule has 0 spiro atoms. The number of hydrogen-bond acceptors (Lipinski definition) is 5. The lowest BCUT2D eigenvalue weighted by Crippen LogP contribution is -2.35. The fourth-order valence-corrected chi connectivity index (χ4v) is 5.24. The molecule has 1 aromatic carbocycles. The molecule has 0 N–H and O–H groups in total. The molecule has 2 aliphatic rings. The summed E-state index contributed by atoms with van der Waals surface area (Å²) in [7, 11) is 1.78. The first kappa shape index (κ1) is 26.6. The van der Waals surface area contributed by atoms with E-state index in [0.717, 1.165) is 56.6 Å². The second kappa shape index (κ2) is 12.2. The fraction of sp³-hybridized carbons (Fsp3) is 0.607. The molecule has 36 heavy (non-hydrogen) atoms. The fourth-order valence-electron chi connectivity index (χ4n) is 5.14. The Morgan fingerprint density at radius 3 is 2.64 bits per heavy atom. The molecule has 1 aliphatic carbocycles. The van der Waals surface area contributed by atoms with E-state index in [9.17, 15) is 9.18 Å². The van der Waals surface area contributed by atoms with Crippen molar-refractivity contribution in [1.82, 2.24) is 14.9 Å². The average molecular weight is 517 g/mol. The summed E-state index contributed by atoms with van der Waals surface area (Å²) in [5, 5.41) is 0.561. The average Bonchev–Trinajstić information content (AvgIpc) is 3.64. The molecule has 8 heteroatoms. The van der Waals surface area contributed by atoms with E-state index in [-0.39, 0.29) is 18.1 Å². The Morgan fingerprint density at radius 1 is 1.25 bits per heavy atom. The van der Waals surface area contributed by atoms with Crippen molar-refractivity contribution in [1.29, 1.82) is 0 Å². The van der Waals surface area contributed by atoms with Crippen LogP contribution < -0.4 is 9.64 Å². The summed E-state index contributed by atoms with van der Waals surface area (Å²) in [6, 6.07) is 4.87. The molecule has 6 nitrogen and oxygen atoms in total. The van der Waals surface area contributed by atoms with E-state index in [4.69, 9.17) is 16.3 Å².